The maximum atomic E-state index is 12.7. The van der Waals surface area contributed by atoms with Crippen molar-refractivity contribution < 1.29 is 18.3 Å². The smallest absolute Gasteiger partial charge is 0.391 e. The highest BCUT2D eigenvalue weighted by Gasteiger charge is 2.34. The fourth-order valence-corrected chi connectivity index (χ4v) is 1.80. The molecule has 8 heteroatoms. The third-order valence-electron chi connectivity index (χ3n) is 2.71. The van der Waals surface area contributed by atoms with Crippen LogP contribution in [0.3, 0.4) is 0 Å². The Hall–Kier alpha value is -1.57. The molecule has 1 saturated heterocycles. The molecule has 0 aliphatic carbocycles. The molecule has 1 aromatic heterocycles. The number of aliphatic hydroxyl groups excluding tert-OH is 1. The topological polar surface area (TPSA) is 61.3 Å². The van der Waals surface area contributed by atoms with Crippen LogP contribution in [0.25, 0.3) is 0 Å². The number of β-amino-alcohol motifs (C(OH)–C–C–N with tert-alkyl or cyclic N) is 1. The monoisotopic (exact) mass is 262 g/mol. The van der Waals surface area contributed by atoms with Gasteiger partial charge in [0.25, 0.3) is 0 Å². The van der Waals surface area contributed by atoms with E-state index in [9.17, 15) is 18.3 Å². The first kappa shape index (κ1) is 12.9. The van der Waals surface area contributed by atoms with Crippen LogP contribution in [0.5, 0.6) is 0 Å². The number of aliphatic hydroxyl groups is 1. The third kappa shape index (κ3) is 2.63. The summed E-state index contributed by atoms with van der Waals surface area (Å²) in [5, 5.41) is 11.9. The van der Waals surface area contributed by atoms with E-state index in [1.807, 2.05) is 0 Å². The second-order valence-corrected chi connectivity index (χ2v) is 4.07. The zero-order chi connectivity index (χ0) is 13.3. The highest BCUT2D eigenvalue weighted by atomic mass is 19.4. The molecule has 1 aliphatic rings. The van der Waals surface area contributed by atoms with Gasteiger partial charge >= 0.3 is 6.18 Å². The fraction of sp³-hybridized carbons (Fsp3) is 0.600. The summed E-state index contributed by atoms with van der Waals surface area (Å²) < 4.78 is 38.0. The minimum Gasteiger partial charge on any atom is -0.391 e. The molecule has 1 aliphatic heterocycles. The molecule has 5 nitrogen and oxygen atoms in total. The van der Waals surface area contributed by atoms with E-state index in [4.69, 9.17) is 0 Å². The number of rotatable bonds is 2. The van der Waals surface area contributed by atoms with Crippen LogP contribution in [0.15, 0.2) is 6.07 Å². The lowest BCUT2D eigenvalue weighted by molar-refractivity contribution is -0.141. The summed E-state index contributed by atoms with van der Waals surface area (Å²) in [6.07, 6.45) is -4.51. The summed E-state index contributed by atoms with van der Waals surface area (Å²) in [6, 6.07) is 0.902. The molecule has 18 heavy (non-hydrogen) atoms. The van der Waals surface area contributed by atoms with Gasteiger partial charge in [-0.05, 0) is 6.42 Å². The first-order chi connectivity index (χ1) is 8.40. The third-order valence-corrected chi connectivity index (χ3v) is 2.71. The van der Waals surface area contributed by atoms with Crippen molar-refractivity contribution in [1.29, 1.82) is 0 Å². The zero-order valence-electron chi connectivity index (χ0n) is 9.70. The van der Waals surface area contributed by atoms with Gasteiger partial charge in [-0.3, -0.25) is 0 Å². The maximum Gasteiger partial charge on any atom is 0.433 e. The van der Waals surface area contributed by atoms with Crippen molar-refractivity contribution in [3.8, 4) is 0 Å². The normalized spacial score (nSPS) is 20.3. The van der Waals surface area contributed by atoms with Crippen LogP contribution in [0.2, 0.25) is 0 Å². The molecule has 2 heterocycles. The van der Waals surface area contributed by atoms with Crippen molar-refractivity contribution in [2.24, 2.45) is 0 Å². The molecular formula is C10H13F3N4O. The number of anilines is 2. The Balaban J connectivity index is 2.35. The minimum absolute atomic E-state index is 0.0822. The Morgan fingerprint density at radius 2 is 2.17 bits per heavy atom. The van der Waals surface area contributed by atoms with E-state index in [0.29, 0.717) is 13.0 Å². The standard InChI is InChI=1S/C10H13F3N4O/c1-14-9-15-7(10(11,12)13)4-8(16-9)17-3-2-6(18)5-17/h4,6,18H,2-3,5H2,1H3,(H,14,15,16). The zero-order valence-corrected chi connectivity index (χ0v) is 9.70. The van der Waals surface area contributed by atoms with Crippen molar-refractivity contribution >= 4 is 11.8 Å². The summed E-state index contributed by atoms with van der Waals surface area (Å²) in [6.45, 7) is 0.774. The molecule has 0 radical (unpaired) electrons. The molecule has 0 aromatic carbocycles. The van der Waals surface area contributed by atoms with Gasteiger partial charge in [-0.1, -0.05) is 0 Å². The molecule has 1 fully saturated rings. The van der Waals surface area contributed by atoms with Crippen LogP contribution in [0, 0.1) is 0 Å². The summed E-state index contributed by atoms with van der Waals surface area (Å²) in [5.74, 6) is 0.0967. The quantitative estimate of drug-likeness (QED) is 0.836. The van der Waals surface area contributed by atoms with Crippen LogP contribution in [-0.4, -0.2) is 41.3 Å². The van der Waals surface area contributed by atoms with Crippen molar-refractivity contribution in [2.45, 2.75) is 18.7 Å². The Morgan fingerprint density at radius 1 is 1.44 bits per heavy atom. The van der Waals surface area contributed by atoms with E-state index in [1.165, 1.54) is 7.05 Å². The van der Waals surface area contributed by atoms with Gasteiger partial charge in [0.15, 0.2) is 5.69 Å². The second-order valence-electron chi connectivity index (χ2n) is 4.07. The Bertz CT molecular complexity index is 438. The van der Waals surface area contributed by atoms with Gasteiger partial charge in [0.2, 0.25) is 5.95 Å². The Kier molecular flexibility index (Phi) is 3.29. The van der Waals surface area contributed by atoms with Crippen LogP contribution < -0.4 is 10.2 Å². The number of halogens is 3. The maximum absolute atomic E-state index is 12.7. The van der Waals surface area contributed by atoms with E-state index in [-0.39, 0.29) is 18.3 Å². The van der Waals surface area contributed by atoms with Crippen LogP contribution in [0.1, 0.15) is 12.1 Å². The molecule has 100 valence electrons. The van der Waals surface area contributed by atoms with Crippen molar-refractivity contribution in [2.75, 3.05) is 30.4 Å². The van der Waals surface area contributed by atoms with E-state index in [0.717, 1.165) is 6.07 Å². The van der Waals surface area contributed by atoms with Gasteiger partial charge < -0.3 is 15.3 Å². The van der Waals surface area contributed by atoms with E-state index in [2.05, 4.69) is 15.3 Å². The number of hydrogen-bond donors (Lipinski definition) is 2. The molecule has 0 saturated carbocycles. The Morgan fingerprint density at radius 3 is 2.67 bits per heavy atom. The number of nitrogens with zero attached hydrogens (tertiary/aromatic N) is 3. The predicted octanol–water partition coefficient (Wildman–Crippen LogP) is 1.11. The summed E-state index contributed by atoms with van der Waals surface area (Å²) >= 11 is 0. The first-order valence-corrected chi connectivity index (χ1v) is 5.47. The molecule has 2 rings (SSSR count). The average molecular weight is 262 g/mol. The molecular weight excluding hydrogens is 249 g/mol. The number of nitrogens with one attached hydrogen (secondary N) is 1. The van der Waals surface area contributed by atoms with Crippen LogP contribution in [0.4, 0.5) is 24.9 Å². The molecule has 1 aromatic rings. The molecule has 1 unspecified atom stereocenters. The molecule has 0 amide bonds. The lowest BCUT2D eigenvalue weighted by Crippen LogP contribution is -2.24. The highest BCUT2D eigenvalue weighted by molar-refractivity contribution is 5.46. The van der Waals surface area contributed by atoms with Gasteiger partial charge in [-0.25, -0.2) is 4.98 Å². The van der Waals surface area contributed by atoms with Gasteiger partial charge in [0.1, 0.15) is 5.82 Å². The van der Waals surface area contributed by atoms with Crippen molar-refractivity contribution in [3.63, 3.8) is 0 Å². The first-order valence-electron chi connectivity index (χ1n) is 5.47. The lowest BCUT2D eigenvalue weighted by atomic mass is 10.3. The summed E-state index contributed by atoms with van der Waals surface area (Å²) in [7, 11) is 1.46. The van der Waals surface area contributed by atoms with Crippen molar-refractivity contribution in [1.82, 2.24) is 9.97 Å². The van der Waals surface area contributed by atoms with Crippen LogP contribution in [-0.2, 0) is 6.18 Å². The Labute approximate surface area is 102 Å². The largest absolute Gasteiger partial charge is 0.433 e. The van der Waals surface area contributed by atoms with Crippen LogP contribution >= 0.6 is 0 Å². The van der Waals surface area contributed by atoms with Gasteiger partial charge in [-0.15, -0.1) is 0 Å². The second kappa shape index (κ2) is 4.60. The van der Waals surface area contributed by atoms with Crippen molar-refractivity contribution in [3.05, 3.63) is 11.8 Å². The summed E-state index contributed by atoms with van der Waals surface area (Å²) in [4.78, 5) is 8.97. The highest BCUT2D eigenvalue weighted by Crippen LogP contribution is 2.31. The number of aromatic nitrogens is 2. The van der Waals surface area contributed by atoms with E-state index >= 15 is 0 Å². The van der Waals surface area contributed by atoms with Gasteiger partial charge in [0.05, 0.1) is 6.10 Å². The number of hydrogen-bond acceptors (Lipinski definition) is 5. The summed E-state index contributed by atoms with van der Waals surface area (Å²) in [5.41, 5.74) is -0.988. The predicted molar refractivity (Wildman–Crippen MR) is 59.4 cm³/mol. The lowest BCUT2D eigenvalue weighted by Gasteiger charge is -2.18. The molecule has 2 N–H and O–H groups in total. The van der Waals surface area contributed by atoms with E-state index in [1.54, 1.807) is 4.90 Å². The SMILES string of the molecule is CNc1nc(N2CCC(O)C2)cc(C(F)(F)F)n1. The minimum atomic E-state index is -4.51. The van der Waals surface area contributed by atoms with Gasteiger partial charge in [-0.2, -0.15) is 18.2 Å². The number of alkyl halides is 3. The van der Waals surface area contributed by atoms with E-state index < -0.39 is 18.0 Å². The molecule has 0 bridgehead atoms. The molecule has 1 atom stereocenters. The van der Waals surface area contributed by atoms with Gasteiger partial charge in [0, 0.05) is 26.2 Å². The average Bonchev–Trinajstić information content (AvgIpc) is 2.74. The fourth-order valence-electron chi connectivity index (χ4n) is 1.80. The molecule has 0 spiro atoms.